The molecular formula is C20H25NNa4O9P2. The minimum Gasteiger partial charge on any atom is -0.811 e. The van der Waals surface area contributed by atoms with Crippen LogP contribution in [-0.2, 0) is 22.0 Å². The fourth-order valence-electron chi connectivity index (χ4n) is 2.86. The van der Waals surface area contributed by atoms with Gasteiger partial charge >= 0.3 is 118 Å². The average Bonchev–Trinajstić information content (AvgIpc) is 2.74. The van der Waals surface area contributed by atoms with E-state index < -0.39 is 46.3 Å². The largest absolute Gasteiger partial charge is 1.00 e. The van der Waals surface area contributed by atoms with Gasteiger partial charge in [0, 0.05) is 0 Å². The first-order valence-corrected chi connectivity index (χ1v) is 13.2. The van der Waals surface area contributed by atoms with Crippen LogP contribution < -0.4 is 148 Å². The molecule has 0 amide bonds. The van der Waals surface area contributed by atoms with Crippen LogP contribution in [-0.4, -0.2) is 47.9 Å². The van der Waals surface area contributed by atoms with Crippen LogP contribution in [0, 0.1) is 0 Å². The van der Waals surface area contributed by atoms with Crippen LogP contribution in [0.15, 0.2) is 42.5 Å². The molecule has 178 valence electrons. The minimum atomic E-state index is -4.72. The van der Waals surface area contributed by atoms with Crippen molar-refractivity contribution in [3.8, 4) is 16.9 Å². The Labute approximate surface area is 299 Å². The molecular weight excluding hydrogens is 552 g/mol. The monoisotopic (exact) mass is 577 g/mol. The van der Waals surface area contributed by atoms with Crippen LogP contribution in [0.2, 0.25) is 0 Å². The molecule has 0 saturated heterocycles. The molecule has 0 saturated carbocycles. The molecule has 2 rings (SSSR count). The molecule has 2 aromatic carbocycles. The van der Waals surface area contributed by atoms with Gasteiger partial charge in [0.2, 0.25) is 0 Å². The quantitative estimate of drug-likeness (QED) is 0.161. The molecule has 0 aromatic heterocycles. The Morgan fingerprint density at radius 1 is 0.750 bits per heavy atom. The number of aliphatic hydroxyl groups excluding tert-OH is 2. The summed E-state index contributed by atoms with van der Waals surface area (Å²) in [6, 6.07) is 11.6. The summed E-state index contributed by atoms with van der Waals surface area (Å²) < 4.78 is 27.5. The van der Waals surface area contributed by atoms with E-state index in [1.54, 1.807) is 42.5 Å². The summed E-state index contributed by atoms with van der Waals surface area (Å²) in [4.78, 5) is 44.1. The summed E-state index contributed by atoms with van der Waals surface area (Å²) in [6.45, 7) is -1.04. The second-order valence-electron chi connectivity index (χ2n) is 7.70. The smallest absolute Gasteiger partial charge is 0.811 e. The number of aliphatic hydroxyl groups is 2. The van der Waals surface area contributed by atoms with Gasteiger partial charge in [-0.15, -0.1) is 0 Å². The number of nitrogens with two attached hydrogens (primary N) is 1. The van der Waals surface area contributed by atoms with Crippen LogP contribution in [0.3, 0.4) is 0 Å². The molecule has 10 nitrogen and oxygen atoms in total. The van der Waals surface area contributed by atoms with Crippen LogP contribution in [0.1, 0.15) is 11.1 Å². The molecule has 0 aliphatic rings. The van der Waals surface area contributed by atoms with E-state index in [9.17, 15) is 38.9 Å². The molecule has 0 unspecified atom stereocenters. The Balaban J connectivity index is -0.00000272. The standard InChI is InChI=1S/C20H29NO9P2.4Na/c21-20(12-22,13-23)14-30-19-3-1-17(2-4-19)18-10-15(5-7-31(24,25)26)9-16(11-18)6-8-32(27,28)29;;;;/h1-4,9-11,22-23H,5-8,12-14,21H2,(H2,24,25,26)(H2,27,28,29);;;;/q;4*+1/p-4. The third-order valence-electron chi connectivity index (χ3n) is 4.74. The van der Waals surface area contributed by atoms with E-state index >= 15 is 0 Å². The van der Waals surface area contributed by atoms with Crippen molar-refractivity contribution in [1.29, 1.82) is 0 Å². The zero-order valence-corrected chi connectivity index (χ0v) is 31.0. The predicted octanol–water partition coefficient (Wildman–Crippen LogP) is -13.7. The van der Waals surface area contributed by atoms with Crippen LogP contribution >= 0.6 is 15.2 Å². The number of rotatable bonds is 12. The third-order valence-corrected chi connectivity index (χ3v) is 6.29. The fraction of sp³-hybridized carbons (Fsp3) is 0.400. The van der Waals surface area contributed by atoms with E-state index in [0.717, 1.165) is 0 Å². The molecule has 0 heterocycles. The van der Waals surface area contributed by atoms with E-state index in [2.05, 4.69) is 0 Å². The molecule has 0 spiro atoms. The summed E-state index contributed by atoms with van der Waals surface area (Å²) in [7, 11) is -9.43. The topological polar surface area (TPSA) is 202 Å². The normalized spacial score (nSPS) is 11.3. The maximum atomic E-state index is 11.0. The Morgan fingerprint density at radius 3 is 1.53 bits per heavy atom. The molecule has 36 heavy (non-hydrogen) atoms. The predicted molar refractivity (Wildman–Crippen MR) is 111 cm³/mol. The van der Waals surface area contributed by atoms with Gasteiger partial charge in [-0.1, -0.05) is 45.5 Å². The van der Waals surface area contributed by atoms with Crippen molar-refractivity contribution in [2.45, 2.75) is 18.4 Å². The first-order chi connectivity index (χ1) is 14.8. The fourth-order valence-corrected chi connectivity index (χ4v) is 3.93. The van der Waals surface area contributed by atoms with E-state index in [1.807, 2.05) is 0 Å². The van der Waals surface area contributed by atoms with Gasteiger partial charge < -0.3 is 49.4 Å². The Hall–Kier alpha value is 2.42. The summed E-state index contributed by atoms with van der Waals surface area (Å²) in [5, 5.41) is 18.4. The van der Waals surface area contributed by atoms with Gasteiger partial charge in [0.1, 0.15) is 12.4 Å². The maximum Gasteiger partial charge on any atom is 1.00 e. The molecule has 16 heteroatoms. The second-order valence-corrected chi connectivity index (χ2v) is 11.0. The zero-order chi connectivity index (χ0) is 24.0. The van der Waals surface area contributed by atoms with Crippen molar-refractivity contribution in [2.24, 2.45) is 5.73 Å². The minimum absolute atomic E-state index is 0. The Morgan fingerprint density at radius 2 is 1.17 bits per heavy atom. The molecule has 0 bridgehead atoms. The van der Waals surface area contributed by atoms with E-state index in [-0.39, 0.29) is 138 Å². The van der Waals surface area contributed by atoms with Crippen molar-refractivity contribution in [3.63, 3.8) is 0 Å². The van der Waals surface area contributed by atoms with E-state index in [1.165, 1.54) is 0 Å². The van der Waals surface area contributed by atoms with Crippen LogP contribution in [0.25, 0.3) is 11.1 Å². The summed E-state index contributed by atoms with van der Waals surface area (Å²) in [6.07, 6.45) is -1.25. The van der Waals surface area contributed by atoms with Crippen molar-refractivity contribution >= 4 is 15.2 Å². The second kappa shape index (κ2) is 19.5. The van der Waals surface area contributed by atoms with Gasteiger partial charge in [-0.3, -0.25) is 0 Å². The molecule has 0 aliphatic heterocycles. The summed E-state index contributed by atoms with van der Waals surface area (Å²) >= 11 is 0. The van der Waals surface area contributed by atoms with Crippen LogP contribution in [0.4, 0.5) is 0 Å². The molecule has 0 atom stereocenters. The zero-order valence-electron chi connectivity index (χ0n) is 21.2. The van der Waals surface area contributed by atoms with Crippen molar-refractivity contribution in [1.82, 2.24) is 0 Å². The van der Waals surface area contributed by atoms with Crippen molar-refractivity contribution in [2.75, 3.05) is 32.1 Å². The van der Waals surface area contributed by atoms with Gasteiger partial charge in [0.05, 0.1) is 18.8 Å². The average molecular weight is 577 g/mol. The van der Waals surface area contributed by atoms with E-state index in [0.29, 0.717) is 28.0 Å². The number of aryl methyl sites for hydroxylation is 2. The third kappa shape index (κ3) is 16.6. The summed E-state index contributed by atoms with van der Waals surface area (Å²) in [5.41, 5.74) is 6.86. The van der Waals surface area contributed by atoms with Gasteiger partial charge in [-0.05, 0) is 59.6 Å². The number of benzene rings is 2. The van der Waals surface area contributed by atoms with Gasteiger partial charge in [-0.25, -0.2) is 0 Å². The molecule has 0 aliphatic carbocycles. The van der Waals surface area contributed by atoms with Gasteiger partial charge in [0.25, 0.3) is 0 Å². The van der Waals surface area contributed by atoms with Gasteiger partial charge in [-0.2, -0.15) is 0 Å². The van der Waals surface area contributed by atoms with Crippen LogP contribution in [0.5, 0.6) is 5.75 Å². The molecule has 4 N–H and O–H groups in total. The number of ether oxygens (including phenoxy) is 1. The first-order valence-electron chi connectivity index (χ1n) is 9.71. The van der Waals surface area contributed by atoms with E-state index in [4.69, 9.17) is 10.5 Å². The molecule has 2 aromatic rings. The number of hydrogen-bond acceptors (Lipinski definition) is 10. The van der Waals surface area contributed by atoms with Crippen molar-refractivity contribution < 1.29 is 162 Å². The van der Waals surface area contributed by atoms with Gasteiger partial charge in [0.15, 0.2) is 0 Å². The molecule has 0 fully saturated rings. The Kier molecular flexibility index (Phi) is 23.3. The Bertz CT molecular complexity index is 955. The number of hydrogen-bond donors (Lipinski definition) is 3. The SMILES string of the molecule is NC(CO)(CO)COc1ccc(-c2cc(CCP(=O)([O-])[O-])cc(CCP(=O)([O-])[O-])c2)cc1.[Na+].[Na+].[Na+].[Na+]. The maximum absolute atomic E-state index is 11.0. The van der Waals surface area contributed by atoms with Crippen molar-refractivity contribution in [3.05, 3.63) is 53.6 Å². The summed E-state index contributed by atoms with van der Waals surface area (Å²) in [5.74, 6) is 0.430. The first kappa shape index (κ1) is 42.9. The molecule has 0 radical (unpaired) electrons.